The van der Waals surface area contributed by atoms with Crippen LogP contribution in [0.25, 0.3) is 10.2 Å². The normalized spacial score (nSPS) is 11.4. The zero-order valence-corrected chi connectivity index (χ0v) is 20.5. The highest BCUT2D eigenvalue weighted by molar-refractivity contribution is 9.10. The zero-order chi connectivity index (χ0) is 22.1. The molecule has 0 N–H and O–H groups in total. The molecule has 0 aliphatic carbocycles. The van der Waals surface area contributed by atoms with Crippen LogP contribution in [-0.2, 0) is 6.54 Å². The number of anilines is 1. The number of benzene rings is 2. The molecule has 2 heterocycles. The maximum absolute atomic E-state index is 13.5. The molecule has 0 bridgehead atoms. The predicted molar refractivity (Wildman–Crippen MR) is 131 cm³/mol. The van der Waals surface area contributed by atoms with Crippen LogP contribution in [0.1, 0.15) is 47.1 Å². The van der Waals surface area contributed by atoms with Gasteiger partial charge in [0.1, 0.15) is 0 Å². The molecule has 0 radical (unpaired) electrons. The van der Waals surface area contributed by atoms with Crippen molar-refractivity contribution in [2.24, 2.45) is 0 Å². The summed E-state index contributed by atoms with van der Waals surface area (Å²) in [5.74, 6) is 0.308. The average Bonchev–Trinajstić information content (AvgIpc) is 3.30. The highest BCUT2D eigenvalue weighted by Gasteiger charge is 2.23. The zero-order valence-electron chi connectivity index (χ0n) is 18.1. The number of aryl methyl sites for hydroxylation is 2. The predicted octanol–water partition coefficient (Wildman–Crippen LogP) is 6.34. The lowest BCUT2D eigenvalue weighted by atomic mass is 10.0. The molecule has 0 aliphatic rings. The number of hydrogen-bond acceptors (Lipinski definition) is 4. The molecule has 7 heteroatoms. The van der Waals surface area contributed by atoms with E-state index in [1.807, 2.05) is 48.9 Å². The van der Waals surface area contributed by atoms with E-state index in [2.05, 4.69) is 53.1 Å². The Labute approximate surface area is 194 Å². The van der Waals surface area contributed by atoms with Gasteiger partial charge in [-0.2, -0.15) is 5.10 Å². The Kier molecular flexibility index (Phi) is 6.25. The van der Waals surface area contributed by atoms with E-state index in [4.69, 9.17) is 4.98 Å². The fourth-order valence-corrected chi connectivity index (χ4v) is 4.96. The number of halogens is 1. The highest BCUT2D eigenvalue weighted by Crippen LogP contribution is 2.34. The molecule has 5 nitrogen and oxygen atoms in total. The number of para-hydroxylation sites is 1. The molecule has 2 aromatic heterocycles. The summed E-state index contributed by atoms with van der Waals surface area (Å²) in [6.45, 7) is 9.45. The number of aromatic nitrogens is 3. The fourth-order valence-electron chi connectivity index (χ4n) is 3.67. The Morgan fingerprint density at radius 2 is 1.90 bits per heavy atom. The summed E-state index contributed by atoms with van der Waals surface area (Å²) in [5, 5.41) is 5.28. The van der Waals surface area contributed by atoms with Gasteiger partial charge in [0.15, 0.2) is 5.13 Å². The molecule has 4 rings (SSSR count). The summed E-state index contributed by atoms with van der Waals surface area (Å²) < 4.78 is 3.99. The lowest BCUT2D eigenvalue weighted by Gasteiger charge is -2.20. The molecule has 0 aliphatic heterocycles. The van der Waals surface area contributed by atoms with Crippen molar-refractivity contribution in [2.45, 2.75) is 40.2 Å². The molecule has 2 aromatic carbocycles. The van der Waals surface area contributed by atoms with Crippen LogP contribution >= 0.6 is 27.3 Å². The standard InChI is InChI=1S/C24H25BrN4OS/c1-15(2)20-6-5-7-21-22(20)26-24(31-21)28(12-13-29-17(4)14-16(3)27-29)23(30)18-8-10-19(25)11-9-18/h5-11,14-15H,12-13H2,1-4H3. The van der Waals surface area contributed by atoms with Crippen LogP contribution in [0.4, 0.5) is 5.13 Å². The number of thiazole rings is 1. The van der Waals surface area contributed by atoms with E-state index in [0.29, 0.717) is 24.6 Å². The first-order valence-electron chi connectivity index (χ1n) is 10.3. The second-order valence-corrected chi connectivity index (χ2v) is 9.88. The third-order valence-corrected chi connectivity index (χ3v) is 6.84. The van der Waals surface area contributed by atoms with Crippen LogP contribution in [0.15, 0.2) is 53.0 Å². The molecule has 0 spiro atoms. The van der Waals surface area contributed by atoms with Crippen molar-refractivity contribution in [1.29, 1.82) is 0 Å². The number of fused-ring (bicyclic) bond motifs is 1. The van der Waals surface area contributed by atoms with Gasteiger partial charge in [0, 0.05) is 22.3 Å². The summed E-state index contributed by atoms with van der Waals surface area (Å²) in [6, 6.07) is 15.8. The van der Waals surface area contributed by atoms with Crippen LogP contribution in [0, 0.1) is 13.8 Å². The van der Waals surface area contributed by atoms with Crippen molar-refractivity contribution >= 4 is 48.5 Å². The van der Waals surface area contributed by atoms with Crippen LogP contribution < -0.4 is 4.90 Å². The number of hydrogen-bond donors (Lipinski definition) is 0. The van der Waals surface area contributed by atoms with Crippen molar-refractivity contribution < 1.29 is 4.79 Å². The molecule has 0 unspecified atom stereocenters. The van der Waals surface area contributed by atoms with E-state index >= 15 is 0 Å². The first-order valence-corrected chi connectivity index (χ1v) is 11.9. The molecule has 0 saturated heterocycles. The summed E-state index contributed by atoms with van der Waals surface area (Å²) in [5.41, 5.74) is 4.89. The Hall–Kier alpha value is -2.51. The fraction of sp³-hybridized carbons (Fsp3) is 0.292. The van der Waals surface area contributed by atoms with Crippen molar-refractivity contribution in [1.82, 2.24) is 14.8 Å². The number of carbonyl (C=O) groups is 1. The Morgan fingerprint density at radius 1 is 1.16 bits per heavy atom. The molecule has 0 saturated carbocycles. The summed E-state index contributed by atoms with van der Waals surface area (Å²) in [6.07, 6.45) is 0. The van der Waals surface area contributed by atoms with E-state index in [9.17, 15) is 4.79 Å². The molecule has 0 atom stereocenters. The molecule has 160 valence electrons. The highest BCUT2D eigenvalue weighted by atomic mass is 79.9. The topological polar surface area (TPSA) is 51.0 Å². The number of amides is 1. The van der Waals surface area contributed by atoms with Crippen molar-refractivity contribution in [3.63, 3.8) is 0 Å². The van der Waals surface area contributed by atoms with Crippen LogP contribution in [0.5, 0.6) is 0 Å². The van der Waals surface area contributed by atoms with Crippen LogP contribution in [-0.4, -0.2) is 27.2 Å². The van der Waals surface area contributed by atoms with E-state index in [0.717, 1.165) is 31.2 Å². The van der Waals surface area contributed by atoms with Gasteiger partial charge < -0.3 is 0 Å². The van der Waals surface area contributed by atoms with Gasteiger partial charge in [-0.05, 0) is 61.7 Å². The van der Waals surface area contributed by atoms with Gasteiger partial charge >= 0.3 is 0 Å². The maximum Gasteiger partial charge on any atom is 0.260 e. The van der Waals surface area contributed by atoms with E-state index < -0.39 is 0 Å². The van der Waals surface area contributed by atoms with Gasteiger partial charge in [0.05, 0.1) is 22.5 Å². The van der Waals surface area contributed by atoms with Crippen molar-refractivity contribution in [2.75, 3.05) is 11.4 Å². The van der Waals surface area contributed by atoms with Gasteiger partial charge in [-0.15, -0.1) is 0 Å². The van der Waals surface area contributed by atoms with Gasteiger partial charge in [0.25, 0.3) is 5.91 Å². The third-order valence-electron chi connectivity index (χ3n) is 5.27. The van der Waals surface area contributed by atoms with Gasteiger partial charge in [0.2, 0.25) is 0 Å². The second-order valence-electron chi connectivity index (χ2n) is 7.96. The second kappa shape index (κ2) is 8.93. The number of nitrogens with zero attached hydrogens (tertiary/aromatic N) is 4. The largest absolute Gasteiger partial charge is 0.282 e. The smallest absolute Gasteiger partial charge is 0.260 e. The molecular formula is C24H25BrN4OS. The minimum Gasteiger partial charge on any atom is -0.282 e. The summed E-state index contributed by atoms with van der Waals surface area (Å²) in [4.78, 5) is 20.2. The van der Waals surface area contributed by atoms with Crippen LogP contribution in [0.2, 0.25) is 0 Å². The monoisotopic (exact) mass is 496 g/mol. The van der Waals surface area contributed by atoms with E-state index in [1.165, 1.54) is 5.56 Å². The number of rotatable bonds is 6. The van der Waals surface area contributed by atoms with Gasteiger partial charge in [-0.3, -0.25) is 14.4 Å². The quantitative estimate of drug-likeness (QED) is 0.312. The van der Waals surface area contributed by atoms with E-state index in [-0.39, 0.29) is 5.91 Å². The van der Waals surface area contributed by atoms with Crippen LogP contribution in [0.3, 0.4) is 0 Å². The third kappa shape index (κ3) is 4.57. The summed E-state index contributed by atoms with van der Waals surface area (Å²) in [7, 11) is 0. The first-order chi connectivity index (χ1) is 14.8. The first kappa shape index (κ1) is 21.7. The Balaban J connectivity index is 1.73. The minimum absolute atomic E-state index is 0.0563. The Morgan fingerprint density at radius 3 is 2.55 bits per heavy atom. The maximum atomic E-state index is 13.5. The lowest BCUT2D eigenvalue weighted by molar-refractivity contribution is 0.0985. The van der Waals surface area contributed by atoms with E-state index in [1.54, 1.807) is 16.2 Å². The Bertz CT molecular complexity index is 1230. The van der Waals surface area contributed by atoms with Gasteiger partial charge in [-0.25, -0.2) is 4.98 Å². The lowest BCUT2D eigenvalue weighted by Crippen LogP contribution is -2.34. The van der Waals surface area contributed by atoms with Crippen molar-refractivity contribution in [3.05, 3.63) is 75.5 Å². The molecule has 0 fully saturated rings. The minimum atomic E-state index is -0.0563. The average molecular weight is 497 g/mol. The molecule has 1 amide bonds. The van der Waals surface area contributed by atoms with Gasteiger partial charge in [-0.1, -0.05) is 53.2 Å². The molecular weight excluding hydrogens is 472 g/mol. The molecule has 31 heavy (non-hydrogen) atoms. The molecule has 4 aromatic rings. The number of carbonyl (C=O) groups excluding carboxylic acids is 1. The van der Waals surface area contributed by atoms with Crippen molar-refractivity contribution in [3.8, 4) is 0 Å². The summed E-state index contributed by atoms with van der Waals surface area (Å²) >= 11 is 5.01. The SMILES string of the molecule is Cc1cc(C)n(CCN(C(=O)c2ccc(Br)cc2)c2nc3c(C(C)C)cccc3s2)n1.